The average molecular weight is 368 g/mol. The first-order chi connectivity index (χ1) is 11.4. The fourth-order valence-electron chi connectivity index (χ4n) is 2.43. The van der Waals surface area contributed by atoms with Crippen molar-refractivity contribution in [1.29, 1.82) is 0 Å². The molecule has 1 N–H and O–H groups in total. The highest BCUT2D eigenvalue weighted by molar-refractivity contribution is 7.15. The first-order valence-electron chi connectivity index (χ1n) is 7.70. The van der Waals surface area contributed by atoms with Gasteiger partial charge in [0.2, 0.25) is 5.91 Å². The molecule has 0 aliphatic rings. The minimum Gasteiger partial charge on any atom is -0.496 e. The average Bonchev–Trinajstić information content (AvgIpc) is 2.86. The van der Waals surface area contributed by atoms with E-state index in [9.17, 15) is 4.79 Å². The van der Waals surface area contributed by atoms with Gasteiger partial charge in [-0.1, -0.05) is 18.5 Å². The standard InChI is InChI=1S/C17H22ClN3O2S/c1-5-14-11(2)24-17(19-14)20-16(22)10-21(3)9-12-8-13(18)6-7-15(12)23-4/h6-8H,5,9-10H2,1-4H3,(H,19,20,22). The molecule has 0 saturated heterocycles. The zero-order valence-corrected chi connectivity index (χ0v) is 15.9. The first kappa shape index (κ1) is 18.7. The predicted molar refractivity (Wildman–Crippen MR) is 99.2 cm³/mol. The summed E-state index contributed by atoms with van der Waals surface area (Å²) in [5.74, 6) is 0.671. The van der Waals surface area contributed by atoms with Gasteiger partial charge in [-0.05, 0) is 38.6 Å². The Morgan fingerprint density at radius 3 is 2.83 bits per heavy atom. The van der Waals surface area contributed by atoms with Crippen LogP contribution in [0.4, 0.5) is 5.13 Å². The lowest BCUT2D eigenvalue weighted by Crippen LogP contribution is -2.30. The number of carbonyl (C=O) groups excluding carboxylic acids is 1. The van der Waals surface area contributed by atoms with Crippen LogP contribution in [0, 0.1) is 6.92 Å². The molecule has 1 aromatic heterocycles. The number of carbonyl (C=O) groups is 1. The quantitative estimate of drug-likeness (QED) is 0.809. The van der Waals surface area contributed by atoms with Gasteiger partial charge in [-0.2, -0.15) is 0 Å². The summed E-state index contributed by atoms with van der Waals surface area (Å²) in [5, 5.41) is 4.17. The summed E-state index contributed by atoms with van der Waals surface area (Å²) >= 11 is 7.55. The van der Waals surface area contributed by atoms with Crippen molar-refractivity contribution in [3.05, 3.63) is 39.4 Å². The minimum atomic E-state index is -0.0881. The third kappa shape index (κ3) is 4.93. The number of hydrogen-bond donors (Lipinski definition) is 1. The maximum atomic E-state index is 12.2. The van der Waals surface area contributed by atoms with Crippen molar-refractivity contribution in [2.75, 3.05) is 26.0 Å². The van der Waals surface area contributed by atoms with Crippen LogP contribution in [0.2, 0.25) is 5.02 Å². The molecule has 0 aliphatic heterocycles. The Balaban J connectivity index is 1.95. The molecule has 0 fully saturated rings. The molecule has 5 nitrogen and oxygen atoms in total. The fourth-order valence-corrected chi connectivity index (χ4v) is 3.54. The highest BCUT2D eigenvalue weighted by Crippen LogP contribution is 2.24. The van der Waals surface area contributed by atoms with Crippen molar-refractivity contribution in [3.63, 3.8) is 0 Å². The van der Waals surface area contributed by atoms with E-state index in [0.717, 1.165) is 28.3 Å². The normalized spacial score (nSPS) is 10.9. The molecule has 7 heteroatoms. The monoisotopic (exact) mass is 367 g/mol. The van der Waals surface area contributed by atoms with E-state index < -0.39 is 0 Å². The second-order valence-corrected chi connectivity index (χ2v) is 7.19. The number of anilines is 1. The van der Waals surface area contributed by atoms with Gasteiger partial charge in [0.05, 0.1) is 19.3 Å². The Labute approximate surface area is 151 Å². The fraction of sp³-hybridized carbons (Fsp3) is 0.412. The summed E-state index contributed by atoms with van der Waals surface area (Å²) < 4.78 is 5.34. The second kappa shape index (κ2) is 8.46. The summed E-state index contributed by atoms with van der Waals surface area (Å²) in [6.07, 6.45) is 0.868. The van der Waals surface area contributed by atoms with Gasteiger partial charge in [0.15, 0.2) is 5.13 Å². The number of aromatic nitrogens is 1. The van der Waals surface area contributed by atoms with Crippen LogP contribution in [-0.2, 0) is 17.8 Å². The molecule has 0 atom stereocenters. The van der Waals surface area contributed by atoms with E-state index in [2.05, 4.69) is 17.2 Å². The van der Waals surface area contributed by atoms with Crippen LogP contribution >= 0.6 is 22.9 Å². The van der Waals surface area contributed by atoms with Gasteiger partial charge in [-0.15, -0.1) is 11.3 Å². The molecule has 24 heavy (non-hydrogen) atoms. The minimum absolute atomic E-state index is 0.0881. The summed E-state index contributed by atoms with van der Waals surface area (Å²) in [6.45, 7) is 4.90. The summed E-state index contributed by atoms with van der Waals surface area (Å²) in [5.41, 5.74) is 1.98. The van der Waals surface area contributed by atoms with Gasteiger partial charge < -0.3 is 10.1 Å². The number of rotatable bonds is 7. The van der Waals surface area contributed by atoms with Gasteiger partial charge >= 0.3 is 0 Å². The van der Waals surface area contributed by atoms with Gasteiger partial charge in [0.1, 0.15) is 5.75 Å². The predicted octanol–water partition coefficient (Wildman–Crippen LogP) is 3.75. The number of hydrogen-bond acceptors (Lipinski definition) is 5. The van der Waals surface area contributed by atoms with E-state index in [1.807, 2.05) is 31.0 Å². The number of nitrogens with zero attached hydrogens (tertiary/aromatic N) is 2. The number of likely N-dealkylation sites (N-methyl/N-ethyl adjacent to an activating group) is 1. The van der Waals surface area contributed by atoms with E-state index in [-0.39, 0.29) is 12.5 Å². The second-order valence-electron chi connectivity index (χ2n) is 5.55. The molecule has 0 saturated carbocycles. The molecule has 0 bridgehead atoms. The summed E-state index contributed by atoms with van der Waals surface area (Å²) in [4.78, 5) is 19.7. The Morgan fingerprint density at radius 2 is 2.21 bits per heavy atom. The zero-order chi connectivity index (χ0) is 17.7. The first-order valence-corrected chi connectivity index (χ1v) is 8.89. The van der Waals surface area contributed by atoms with E-state index >= 15 is 0 Å². The van der Waals surface area contributed by atoms with Crippen molar-refractivity contribution in [2.24, 2.45) is 0 Å². The number of aryl methyl sites for hydroxylation is 2. The van der Waals surface area contributed by atoms with Gasteiger partial charge in [0, 0.05) is 22.0 Å². The molecule has 1 heterocycles. The lowest BCUT2D eigenvalue weighted by molar-refractivity contribution is -0.117. The number of halogens is 1. The van der Waals surface area contributed by atoms with E-state index in [1.165, 1.54) is 11.3 Å². The van der Waals surface area contributed by atoms with Gasteiger partial charge in [-0.25, -0.2) is 4.98 Å². The Kier molecular flexibility index (Phi) is 6.60. The van der Waals surface area contributed by atoms with Crippen molar-refractivity contribution in [3.8, 4) is 5.75 Å². The van der Waals surface area contributed by atoms with Crippen molar-refractivity contribution in [1.82, 2.24) is 9.88 Å². The molecule has 0 radical (unpaired) electrons. The molecule has 1 amide bonds. The summed E-state index contributed by atoms with van der Waals surface area (Å²) in [7, 11) is 3.50. The Bertz CT molecular complexity index is 718. The third-order valence-electron chi connectivity index (χ3n) is 3.57. The van der Waals surface area contributed by atoms with Crippen LogP contribution in [0.5, 0.6) is 5.75 Å². The van der Waals surface area contributed by atoms with Crippen LogP contribution in [-0.4, -0.2) is 36.5 Å². The van der Waals surface area contributed by atoms with E-state index in [4.69, 9.17) is 16.3 Å². The molecular weight excluding hydrogens is 346 g/mol. The van der Waals surface area contributed by atoms with Crippen LogP contribution in [0.1, 0.15) is 23.1 Å². The Morgan fingerprint density at radius 1 is 1.46 bits per heavy atom. The number of ether oxygens (including phenoxy) is 1. The van der Waals surface area contributed by atoms with Crippen LogP contribution in [0.3, 0.4) is 0 Å². The Hall–Kier alpha value is -1.63. The van der Waals surface area contributed by atoms with Gasteiger partial charge in [0.25, 0.3) is 0 Å². The molecule has 0 aliphatic carbocycles. The number of thiazole rings is 1. The molecule has 0 unspecified atom stereocenters. The molecule has 130 valence electrons. The summed E-state index contributed by atoms with van der Waals surface area (Å²) in [6, 6.07) is 5.47. The lowest BCUT2D eigenvalue weighted by atomic mass is 10.2. The number of benzene rings is 1. The van der Waals surface area contributed by atoms with E-state index in [0.29, 0.717) is 16.7 Å². The smallest absolute Gasteiger partial charge is 0.240 e. The molecule has 1 aromatic carbocycles. The van der Waals surface area contributed by atoms with Crippen LogP contribution in [0.25, 0.3) is 0 Å². The third-order valence-corrected chi connectivity index (χ3v) is 4.73. The zero-order valence-electron chi connectivity index (χ0n) is 14.4. The highest BCUT2D eigenvalue weighted by atomic mass is 35.5. The van der Waals surface area contributed by atoms with Crippen molar-refractivity contribution in [2.45, 2.75) is 26.8 Å². The molecular formula is C17H22ClN3O2S. The van der Waals surface area contributed by atoms with Crippen molar-refractivity contribution >= 4 is 34.0 Å². The van der Waals surface area contributed by atoms with Crippen LogP contribution in [0.15, 0.2) is 18.2 Å². The number of amides is 1. The lowest BCUT2D eigenvalue weighted by Gasteiger charge is -2.18. The topological polar surface area (TPSA) is 54.5 Å². The highest BCUT2D eigenvalue weighted by Gasteiger charge is 2.13. The molecule has 2 rings (SSSR count). The van der Waals surface area contributed by atoms with Gasteiger partial charge in [-0.3, -0.25) is 9.69 Å². The maximum Gasteiger partial charge on any atom is 0.240 e. The largest absolute Gasteiger partial charge is 0.496 e. The number of nitrogens with one attached hydrogen (secondary N) is 1. The number of methoxy groups -OCH3 is 1. The van der Waals surface area contributed by atoms with Crippen molar-refractivity contribution < 1.29 is 9.53 Å². The van der Waals surface area contributed by atoms with E-state index in [1.54, 1.807) is 13.2 Å². The SMILES string of the molecule is CCc1nc(NC(=O)CN(C)Cc2cc(Cl)ccc2OC)sc1C. The molecule has 0 spiro atoms. The molecule has 2 aromatic rings. The van der Waals surface area contributed by atoms with Crippen LogP contribution < -0.4 is 10.1 Å². The maximum absolute atomic E-state index is 12.2.